The summed E-state index contributed by atoms with van der Waals surface area (Å²) in [7, 11) is 0. The number of piperidine rings is 4. The standard InChI is InChI=1S/C28H31N7O2.C27H31N7O4.C26H30N8O4.C25H27N7O3/c1-17(14-29)28(37)34-12-10-20(11-13-34)25-24(18(2)36)26(30)35-27(33-25)22(16-32-35)21-8-9-23(31-15-21)19-6-4-3-5-7-19;1-16(37)22-23(17-7-10-33(11-8-17)26(38)27(2,14-35)15-36)32-25-19(13-31-34(25)24(22)28)18-5-6-21(30-12-18)20-4-3-9-29-20;1-16(37)21-22(17-6-10-32(11-7-17)25(38)26(2,14-35)15-36)31-24-19(13-30-34(24)23(21)27)18-4-5-20(28-12-18)33-9-3-8-29-33;1-14(33)21-22(16-7-10-31(11-8-16)25(35)15(2)34)30-24-18(13-29-32(24)23(21)26)17-5-6-20(28-12-17)19-4-3-9-27-19/h3-9,15-17,20H,10-14,29-30H2,1-2H3;3,5-6,9,12-13,17,35-36H,4,7-8,10-11,14-15,28H2,1-2H3;3-5,8-9,12-13,17,35-36H,6-7,10-11,14-15,27H2,1-2H3;3,5-6,9,12-13,15-16,34H,4,7-8,10-11,26H2,1-2H3/t;;;15-/m...1/s1. The molecule has 0 spiro atoms. The number of nitrogens with zero attached hydrogens (tertiary/aromatic N) is 24. The Labute approximate surface area is 850 Å². The number of aliphatic hydroxyl groups is 5. The summed E-state index contributed by atoms with van der Waals surface area (Å²) in [6.45, 7) is 14.7. The number of carbonyl (C=O) groups excluding carboxylic acids is 8. The number of aliphatic hydroxyl groups excluding tert-OH is 5. The lowest BCUT2D eigenvalue weighted by molar-refractivity contribution is -0.148. The maximum absolute atomic E-state index is 12.9. The number of allylic oxidation sites excluding steroid dienone is 2. The minimum Gasteiger partial charge on any atom is -0.395 e. The van der Waals surface area contributed by atoms with Crippen molar-refractivity contribution >= 4 is 104 Å². The number of ketones is 4. The van der Waals surface area contributed by atoms with Gasteiger partial charge in [-0.2, -0.15) is 43.6 Å². The lowest BCUT2D eigenvalue weighted by Crippen LogP contribution is -2.49. The Hall–Kier alpha value is -16.2. The number of benzene rings is 1. The van der Waals surface area contributed by atoms with Crippen molar-refractivity contribution in [2.45, 2.75) is 149 Å². The molecule has 4 fully saturated rings. The van der Waals surface area contributed by atoms with Crippen molar-refractivity contribution in [1.29, 1.82) is 0 Å². The van der Waals surface area contributed by atoms with E-state index < -0.39 is 43.4 Å². The third-order valence-corrected chi connectivity index (χ3v) is 28.5. The van der Waals surface area contributed by atoms with Gasteiger partial charge < -0.3 is 73.8 Å². The predicted octanol–water partition coefficient (Wildman–Crippen LogP) is 9.35. The van der Waals surface area contributed by atoms with E-state index in [0.717, 1.165) is 91.4 Å². The Bertz CT molecular complexity index is 7480. The molecule has 4 amide bonds. The maximum Gasteiger partial charge on any atom is 0.251 e. The number of Topliss-reactive ketones (excluding diaryl/α,β-unsaturated/α-hetero) is 4. The Morgan fingerprint density at radius 1 is 0.385 bits per heavy atom. The highest BCUT2D eigenvalue weighted by Crippen LogP contribution is 2.43. The van der Waals surface area contributed by atoms with Crippen LogP contribution in [0.1, 0.15) is 219 Å². The minimum absolute atomic E-state index is 0.00441. The normalized spacial score (nSPS) is 15.8. The lowest BCUT2D eigenvalue weighted by Gasteiger charge is -2.37. The number of amides is 4. The average molecular weight is 2010 g/mol. The highest BCUT2D eigenvalue weighted by molar-refractivity contribution is 6.05. The molecule has 1 unspecified atom stereocenters. The van der Waals surface area contributed by atoms with Crippen LogP contribution in [0.25, 0.3) is 84.2 Å². The molecule has 42 nitrogen and oxygen atoms in total. The summed E-state index contributed by atoms with van der Waals surface area (Å²) >= 11 is 0. The average Bonchev–Trinajstić information content (AvgIpc) is 1.58. The molecule has 148 heavy (non-hydrogen) atoms. The van der Waals surface area contributed by atoms with E-state index in [9.17, 15) is 63.9 Å². The van der Waals surface area contributed by atoms with Crippen molar-refractivity contribution in [3.05, 3.63) is 228 Å². The fourth-order valence-corrected chi connectivity index (χ4v) is 19.8. The molecule has 14 aromatic rings. The fraction of sp³-hybridized carbons (Fsp3) is 0.368. The third-order valence-electron chi connectivity index (χ3n) is 28.5. The molecule has 20 rings (SSSR count). The fourth-order valence-electron chi connectivity index (χ4n) is 19.8. The smallest absolute Gasteiger partial charge is 0.251 e. The monoisotopic (exact) mass is 2010 g/mol. The van der Waals surface area contributed by atoms with Gasteiger partial charge >= 0.3 is 0 Å². The van der Waals surface area contributed by atoms with Crippen molar-refractivity contribution in [3.8, 4) is 61.6 Å². The van der Waals surface area contributed by atoms with Gasteiger partial charge in [0.25, 0.3) is 5.91 Å². The maximum atomic E-state index is 12.9. The molecule has 15 N–H and O–H groups in total. The topological polar surface area (TPSA) is 596 Å². The number of fused-ring (bicyclic) bond motifs is 4. The number of pyridine rings is 4. The van der Waals surface area contributed by atoms with Crippen LogP contribution < -0.4 is 28.7 Å². The molecule has 42 heteroatoms. The van der Waals surface area contributed by atoms with E-state index >= 15 is 0 Å². The first-order valence-electron chi connectivity index (χ1n) is 49.3. The van der Waals surface area contributed by atoms with Crippen LogP contribution in [0.15, 0.2) is 181 Å². The van der Waals surface area contributed by atoms with Crippen LogP contribution in [-0.2, 0) is 19.2 Å². The molecule has 0 bridgehead atoms. The van der Waals surface area contributed by atoms with Crippen LogP contribution in [-0.4, -0.2) is 283 Å². The van der Waals surface area contributed by atoms with Crippen LogP contribution in [0.2, 0.25) is 0 Å². The number of nitrogens with two attached hydrogens (primary N) is 5. The Morgan fingerprint density at radius 3 is 0.973 bits per heavy atom. The zero-order valence-corrected chi connectivity index (χ0v) is 83.5. The zero-order valence-electron chi connectivity index (χ0n) is 83.5. The molecule has 0 radical (unpaired) electrons. The second-order valence-corrected chi connectivity index (χ2v) is 38.7. The number of hydrogen-bond acceptors (Lipinski definition) is 33. The van der Waals surface area contributed by atoms with Gasteiger partial charge in [-0.25, -0.2) is 29.6 Å². The van der Waals surface area contributed by atoms with Crippen LogP contribution in [0.3, 0.4) is 0 Å². The highest BCUT2D eigenvalue weighted by Gasteiger charge is 2.42. The molecular weight excluding hydrogens is 1890 g/mol. The van der Waals surface area contributed by atoms with Gasteiger partial charge in [0.05, 0.1) is 136 Å². The second-order valence-electron chi connectivity index (χ2n) is 38.7. The molecule has 0 saturated carbocycles. The van der Waals surface area contributed by atoms with Crippen LogP contribution in [0.4, 0.5) is 23.3 Å². The molecule has 1 aromatic carbocycles. The molecule has 4 saturated heterocycles. The number of aliphatic imine (C=N–C) groups is 2. The van der Waals surface area contributed by atoms with E-state index in [-0.39, 0.29) is 99.6 Å². The van der Waals surface area contributed by atoms with E-state index in [1.54, 1.807) is 101 Å². The first kappa shape index (κ1) is 103. The van der Waals surface area contributed by atoms with Crippen molar-refractivity contribution in [1.82, 2.24) is 108 Å². The summed E-state index contributed by atoms with van der Waals surface area (Å²) in [6, 6.07) is 27.2. The summed E-state index contributed by atoms with van der Waals surface area (Å²) in [5.41, 5.74) is 46.9. The molecular formula is C106H119N29O13. The zero-order chi connectivity index (χ0) is 105. The van der Waals surface area contributed by atoms with E-state index in [1.807, 2.05) is 115 Å². The number of hydrogen-bond donors (Lipinski definition) is 10. The second kappa shape index (κ2) is 44.0. The number of likely N-dealkylation sites (tertiary alicyclic amines) is 4. The van der Waals surface area contributed by atoms with Gasteiger partial charge in [-0.05, 0) is 136 Å². The molecule has 0 aliphatic carbocycles. The molecule has 13 aromatic heterocycles. The summed E-state index contributed by atoms with van der Waals surface area (Å²) in [5.74, 6) is -0.338. The van der Waals surface area contributed by atoms with Crippen LogP contribution >= 0.6 is 0 Å². The largest absolute Gasteiger partial charge is 0.395 e. The minimum atomic E-state index is -1.23. The third kappa shape index (κ3) is 20.7. The number of anilines is 4. The van der Waals surface area contributed by atoms with E-state index in [0.29, 0.717) is 184 Å². The summed E-state index contributed by atoms with van der Waals surface area (Å²) in [5, 5.41) is 70.0. The Balaban J connectivity index is 0.000000135. The number of nitrogen functional groups attached to an aromatic ring is 4. The van der Waals surface area contributed by atoms with Crippen molar-refractivity contribution < 1.29 is 63.9 Å². The van der Waals surface area contributed by atoms with Gasteiger partial charge in [0.2, 0.25) is 17.7 Å². The van der Waals surface area contributed by atoms with E-state index in [2.05, 4.69) is 55.4 Å². The number of rotatable bonds is 25. The Morgan fingerprint density at radius 2 is 0.703 bits per heavy atom. The van der Waals surface area contributed by atoms with Gasteiger partial charge in [0, 0.05) is 201 Å². The number of aromatic nitrogens is 18. The lowest BCUT2D eigenvalue weighted by atomic mass is 9.86. The Kier molecular flexibility index (Phi) is 30.7. The number of carbonyl (C=O) groups is 8. The van der Waals surface area contributed by atoms with Crippen molar-refractivity contribution in [3.63, 3.8) is 0 Å². The van der Waals surface area contributed by atoms with Crippen molar-refractivity contribution in [2.75, 3.05) is 108 Å². The summed E-state index contributed by atoms with van der Waals surface area (Å²) in [6.07, 6.45) is 30.2. The predicted molar refractivity (Wildman–Crippen MR) is 554 cm³/mol. The van der Waals surface area contributed by atoms with Crippen LogP contribution in [0.5, 0.6) is 0 Å². The summed E-state index contributed by atoms with van der Waals surface area (Å²) in [4.78, 5) is 155. The molecule has 6 aliphatic rings. The van der Waals surface area contributed by atoms with E-state index in [4.69, 9.17) is 48.6 Å². The first-order chi connectivity index (χ1) is 71.3. The molecule has 766 valence electrons. The summed E-state index contributed by atoms with van der Waals surface area (Å²) < 4.78 is 7.65. The van der Waals surface area contributed by atoms with Gasteiger partial charge in [-0.15, -0.1) is 0 Å². The first-order valence-corrected chi connectivity index (χ1v) is 49.3. The SMILES string of the molecule is CC(=O)c1c(C2CCN(C(=O)C(C)(CO)CO)CC2)nc2c(-c3ccc(-n4cccn4)nc3)cnn2c1N.CC(=O)c1c(C2CCN(C(=O)C(C)(CO)CO)CC2)nc2c(-c3ccc(C4=NC=CC4)nc3)cnn2c1N.CC(=O)c1c(C2CCN(C(=O)C(C)CN)CC2)nc2c(-c3ccc(-c4ccccc4)nc3)cnn2c1N.CC(=O)c1c(C2CCN(C(=O)[C@@H](C)O)CC2)nc2c(-c3ccc(C4=NC=CC4)nc3)cnn2c1N. The van der Waals surface area contributed by atoms with Crippen LogP contribution in [0, 0.1) is 16.7 Å². The van der Waals surface area contributed by atoms with E-state index in [1.165, 1.54) is 52.7 Å². The quantitative estimate of drug-likeness (QED) is 0.0238. The molecule has 6 aliphatic heterocycles. The molecule has 2 atom stereocenters. The van der Waals surface area contributed by atoms with Gasteiger partial charge in [0.15, 0.2) is 51.5 Å². The van der Waals surface area contributed by atoms with Gasteiger partial charge in [-0.3, -0.25) is 63.3 Å². The van der Waals surface area contributed by atoms with Gasteiger partial charge in [0.1, 0.15) is 29.4 Å². The van der Waals surface area contributed by atoms with Gasteiger partial charge in [-0.1, -0.05) is 67.6 Å². The molecule has 19 heterocycles. The highest BCUT2D eigenvalue weighted by atomic mass is 16.3. The van der Waals surface area contributed by atoms with Crippen molar-refractivity contribution in [2.24, 2.45) is 32.5 Å².